The highest BCUT2D eigenvalue weighted by Crippen LogP contribution is 1.87. The average molecular weight is 171 g/mol. The van der Waals surface area contributed by atoms with Crippen molar-refractivity contribution in [2.75, 3.05) is 26.2 Å². The molecule has 0 unspecified atom stereocenters. The van der Waals surface area contributed by atoms with Crippen LogP contribution in [0.25, 0.3) is 0 Å². The zero-order chi connectivity index (χ0) is 8.81. The van der Waals surface area contributed by atoms with Crippen molar-refractivity contribution in [3.63, 3.8) is 0 Å². The van der Waals surface area contributed by atoms with Crippen LogP contribution in [0.15, 0.2) is 0 Å². The molecular weight excluding hydrogens is 154 g/mol. The fourth-order valence-electron chi connectivity index (χ4n) is 1.21. The molecule has 0 bridgehead atoms. The topological polar surface area (TPSA) is 53.2 Å². The van der Waals surface area contributed by atoms with Gasteiger partial charge in [-0.15, -0.1) is 0 Å². The zero-order valence-corrected chi connectivity index (χ0v) is 7.52. The Balaban J connectivity index is 2.20. The Hall–Kier alpha value is -0.610. The number of hydrogen-bond donors (Lipinski definition) is 3. The summed E-state index contributed by atoms with van der Waals surface area (Å²) in [6.07, 6.45) is 0.992. The Kier molecular flexibility index (Phi) is 4.04. The zero-order valence-electron chi connectivity index (χ0n) is 7.52. The molecule has 0 aliphatic carbocycles. The van der Waals surface area contributed by atoms with Gasteiger partial charge in [-0.25, -0.2) is 0 Å². The largest absolute Gasteiger partial charge is 0.355 e. The first-order chi connectivity index (χ1) is 5.84. The lowest BCUT2D eigenvalue weighted by molar-refractivity contribution is -0.123. The average Bonchev–Trinajstić information content (AvgIpc) is 2.15. The van der Waals surface area contributed by atoms with Gasteiger partial charge in [-0.05, 0) is 6.42 Å². The summed E-state index contributed by atoms with van der Waals surface area (Å²) in [7, 11) is 0. The van der Waals surface area contributed by atoms with Crippen LogP contribution in [-0.2, 0) is 4.79 Å². The fraction of sp³-hybridized carbons (Fsp3) is 0.875. The van der Waals surface area contributed by atoms with Crippen LogP contribution in [0.1, 0.15) is 13.3 Å². The maximum atomic E-state index is 11.3. The second-order valence-corrected chi connectivity index (χ2v) is 3.00. The van der Waals surface area contributed by atoms with Crippen LogP contribution in [0, 0.1) is 0 Å². The van der Waals surface area contributed by atoms with Gasteiger partial charge in [-0.2, -0.15) is 0 Å². The molecule has 0 aromatic carbocycles. The highest BCUT2D eigenvalue weighted by molar-refractivity contribution is 5.82. The van der Waals surface area contributed by atoms with Crippen molar-refractivity contribution in [3.8, 4) is 0 Å². The molecule has 1 rings (SSSR count). The summed E-state index contributed by atoms with van der Waals surface area (Å²) >= 11 is 0. The van der Waals surface area contributed by atoms with Gasteiger partial charge in [0, 0.05) is 26.2 Å². The minimum atomic E-state index is -0.0368. The van der Waals surface area contributed by atoms with Gasteiger partial charge in [0.2, 0.25) is 5.91 Å². The lowest BCUT2D eigenvalue weighted by Gasteiger charge is -2.23. The highest BCUT2D eigenvalue weighted by atomic mass is 16.2. The van der Waals surface area contributed by atoms with E-state index in [1.165, 1.54) is 0 Å². The Morgan fingerprint density at radius 1 is 1.58 bits per heavy atom. The summed E-state index contributed by atoms with van der Waals surface area (Å²) in [4.78, 5) is 11.3. The van der Waals surface area contributed by atoms with Gasteiger partial charge in [-0.3, -0.25) is 4.79 Å². The fourth-order valence-corrected chi connectivity index (χ4v) is 1.21. The Labute approximate surface area is 73.1 Å². The second kappa shape index (κ2) is 5.11. The number of carbonyl (C=O) groups is 1. The van der Waals surface area contributed by atoms with E-state index in [0.29, 0.717) is 0 Å². The van der Waals surface area contributed by atoms with Crippen molar-refractivity contribution in [1.29, 1.82) is 0 Å². The highest BCUT2D eigenvalue weighted by Gasteiger charge is 2.18. The van der Waals surface area contributed by atoms with E-state index in [4.69, 9.17) is 0 Å². The molecule has 1 fully saturated rings. The summed E-state index contributed by atoms with van der Waals surface area (Å²) in [5.74, 6) is 0.115. The monoisotopic (exact) mass is 171 g/mol. The molecule has 3 N–H and O–H groups in total. The van der Waals surface area contributed by atoms with Crippen LogP contribution < -0.4 is 16.0 Å². The van der Waals surface area contributed by atoms with Crippen LogP contribution in [-0.4, -0.2) is 38.1 Å². The Morgan fingerprint density at radius 2 is 2.42 bits per heavy atom. The summed E-state index contributed by atoms with van der Waals surface area (Å²) in [5, 5.41) is 9.18. The molecule has 1 aliphatic rings. The van der Waals surface area contributed by atoms with E-state index < -0.39 is 0 Å². The first-order valence-corrected chi connectivity index (χ1v) is 4.56. The molecule has 0 aromatic rings. The molecule has 0 saturated carbocycles. The van der Waals surface area contributed by atoms with Crippen molar-refractivity contribution in [1.82, 2.24) is 16.0 Å². The molecule has 4 heteroatoms. The second-order valence-electron chi connectivity index (χ2n) is 3.00. The van der Waals surface area contributed by atoms with Crippen LogP contribution in [0.3, 0.4) is 0 Å². The number of piperazine rings is 1. The van der Waals surface area contributed by atoms with E-state index in [1.54, 1.807) is 0 Å². The van der Waals surface area contributed by atoms with Gasteiger partial charge in [0.05, 0.1) is 6.04 Å². The minimum absolute atomic E-state index is 0.0368. The van der Waals surface area contributed by atoms with Crippen molar-refractivity contribution in [2.24, 2.45) is 0 Å². The van der Waals surface area contributed by atoms with E-state index >= 15 is 0 Å². The van der Waals surface area contributed by atoms with Gasteiger partial charge in [-0.1, -0.05) is 6.92 Å². The number of amides is 1. The Bertz CT molecular complexity index is 143. The first-order valence-electron chi connectivity index (χ1n) is 4.56. The Morgan fingerprint density at radius 3 is 3.00 bits per heavy atom. The standard InChI is InChI=1S/C8H17N3O/c1-2-3-11-8(12)7-6-9-4-5-10-7/h7,9-10H,2-6H2,1H3,(H,11,12)/t7-/m0/s1. The molecule has 1 atom stereocenters. The molecule has 12 heavy (non-hydrogen) atoms. The lowest BCUT2D eigenvalue weighted by Crippen LogP contribution is -2.55. The third kappa shape index (κ3) is 2.79. The molecule has 0 aromatic heterocycles. The molecule has 4 nitrogen and oxygen atoms in total. The maximum absolute atomic E-state index is 11.3. The predicted octanol–water partition coefficient (Wildman–Crippen LogP) is -0.926. The normalized spacial score (nSPS) is 23.6. The van der Waals surface area contributed by atoms with Crippen molar-refractivity contribution < 1.29 is 4.79 Å². The SMILES string of the molecule is CCCNC(=O)[C@@H]1CNCCN1. The number of carbonyl (C=O) groups excluding carboxylic acids is 1. The number of rotatable bonds is 3. The molecule has 1 saturated heterocycles. The van der Waals surface area contributed by atoms with Crippen molar-refractivity contribution in [2.45, 2.75) is 19.4 Å². The summed E-state index contributed by atoms with van der Waals surface area (Å²) < 4.78 is 0. The smallest absolute Gasteiger partial charge is 0.238 e. The van der Waals surface area contributed by atoms with Gasteiger partial charge >= 0.3 is 0 Å². The molecule has 0 spiro atoms. The number of hydrogen-bond acceptors (Lipinski definition) is 3. The van der Waals surface area contributed by atoms with E-state index in [2.05, 4.69) is 16.0 Å². The van der Waals surface area contributed by atoms with Crippen molar-refractivity contribution in [3.05, 3.63) is 0 Å². The van der Waals surface area contributed by atoms with E-state index in [1.807, 2.05) is 6.92 Å². The summed E-state index contributed by atoms with van der Waals surface area (Å²) in [6, 6.07) is -0.0368. The van der Waals surface area contributed by atoms with Crippen LogP contribution in [0.2, 0.25) is 0 Å². The first kappa shape index (κ1) is 9.48. The molecule has 1 heterocycles. The van der Waals surface area contributed by atoms with Gasteiger partial charge in [0.25, 0.3) is 0 Å². The molecule has 70 valence electrons. The minimum Gasteiger partial charge on any atom is -0.355 e. The van der Waals surface area contributed by atoms with Gasteiger partial charge < -0.3 is 16.0 Å². The van der Waals surface area contributed by atoms with Gasteiger partial charge in [0.15, 0.2) is 0 Å². The third-order valence-corrected chi connectivity index (χ3v) is 1.91. The van der Waals surface area contributed by atoms with E-state index in [-0.39, 0.29) is 11.9 Å². The van der Waals surface area contributed by atoms with E-state index in [9.17, 15) is 4.79 Å². The maximum Gasteiger partial charge on any atom is 0.238 e. The quantitative estimate of drug-likeness (QED) is 0.514. The number of nitrogens with one attached hydrogen (secondary N) is 3. The van der Waals surface area contributed by atoms with Crippen LogP contribution in [0.5, 0.6) is 0 Å². The van der Waals surface area contributed by atoms with Gasteiger partial charge in [0.1, 0.15) is 0 Å². The predicted molar refractivity (Wildman–Crippen MR) is 48.0 cm³/mol. The molecule has 1 aliphatic heterocycles. The summed E-state index contributed by atoms with van der Waals surface area (Å²) in [6.45, 7) is 5.40. The summed E-state index contributed by atoms with van der Waals surface area (Å²) in [5.41, 5.74) is 0. The van der Waals surface area contributed by atoms with E-state index in [0.717, 1.165) is 32.6 Å². The third-order valence-electron chi connectivity index (χ3n) is 1.91. The lowest BCUT2D eigenvalue weighted by atomic mass is 10.2. The van der Waals surface area contributed by atoms with Crippen LogP contribution >= 0.6 is 0 Å². The molecule has 0 radical (unpaired) electrons. The van der Waals surface area contributed by atoms with Crippen molar-refractivity contribution >= 4 is 5.91 Å². The molecule has 1 amide bonds. The van der Waals surface area contributed by atoms with Crippen LogP contribution in [0.4, 0.5) is 0 Å². The molecular formula is C8H17N3O.